The third kappa shape index (κ3) is 1.18. The zero-order chi connectivity index (χ0) is 11.3. The Morgan fingerprint density at radius 2 is 1.81 bits per heavy atom. The highest BCUT2D eigenvalue weighted by Gasteiger charge is 2.07. The third-order valence-electron chi connectivity index (χ3n) is 2.96. The van der Waals surface area contributed by atoms with E-state index in [2.05, 4.69) is 35.1 Å². The highest BCUT2D eigenvalue weighted by atomic mass is 16.1. The van der Waals surface area contributed by atoms with Crippen molar-refractivity contribution in [1.82, 2.24) is 9.97 Å². The predicted molar refractivity (Wildman–Crippen MR) is 65.9 cm³/mol. The molecule has 3 aromatic rings. The van der Waals surface area contributed by atoms with Gasteiger partial charge in [0.05, 0.1) is 5.52 Å². The first kappa shape index (κ1) is 9.21. The van der Waals surface area contributed by atoms with Crippen molar-refractivity contribution < 1.29 is 0 Å². The van der Waals surface area contributed by atoms with Gasteiger partial charge in [-0.1, -0.05) is 12.1 Å². The lowest BCUT2D eigenvalue weighted by Gasteiger charge is -1.94. The lowest BCUT2D eigenvalue weighted by atomic mass is 10.1. The quantitative estimate of drug-likeness (QED) is 0.591. The summed E-state index contributed by atoms with van der Waals surface area (Å²) in [6.07, 6.45) is 0. The van der Waals surface area contributed by atoms with Gasteiger partial charge in [-0.2, -0.15) is 0 Å². The molecule has 0 aliphatic heterocycles. The van der Waals surface area contributed by atoms with Crippen LogP contribution in [0.3, 0.4) is 0 Å². The Balaban J connectivity index is 2.61. The van der Waals surface area contributed by atoms with Crippen LogP contribution in [0.1, 0.15) is 11.3 Å². The third-order valence-corrected chi connectivity index (χ3v) is 2.96. The van der Waals surface area contributed by atoms with Crippen molar-refractivity contribution in [3.63, 3.8) is 0 Å². The maximum atomic E-state index is 11.4. The zero-order valence-electron chi connectivity index (χ0n) is 9.22. The Bertz CT molecular complexity index is 750. The minimum atomic E-state index is -0.0496. The number of hydrogen-bond acceptors (Lipinski definition) is 1. The Morgan fingerprint density at radius 3 is 2.62 bits per heavy atom. The molecule has 0 atom stereocenters. The second kappa shape index (κ2) is 2.98. The van der Waals surface area contributed by atoms with E-state index in [0.29, 0.717) is 0 Å². The number of H-pyrrole nitrogens is 2. The fourth-order valence-electron chi connectivity index (χ4n) is 2.19. The van der Waals surface area contributed by atoms with Gasteiger partial charge in [0.1, 0.15) is 0 Å². The van der Waals surface area contributed by atoms with E-state index in [1.165, 1.54) is 5.56 Å². The number of aryl methyl sites for hydroxylation is 2. The van der Waals surface area contributed by atoms with E-state index in [0.717, 1.165) is 27.5 Å². The number of benzene rings is 1. The molecule has 3 nitrogen and oxygen atoms in total. The van der Waals surface area contributed by atoms with Crippen LogP contribution in [0, 0.1) is 13.8 Å². The van der Waals surface area contributed by atoms with Crippen LogP contribution in [0.25, 0.3) is 21.8 Å². The first-order chi connectivity index (χ1) is 7.65. The molecule has 0 unspecified atom stereocenters. The van der Waals surface area contributed by atoms with Gasteiger partial charge >= 0.3 is 0 Å². The molecule has 2 heterocycles. The molecule has 0 bridgehead atoms. The monoisotopic (exact) mass is 212 g/mol. The van der Waals surface area contributed by atoms with Gasteiger partial charge < -0.3 is 9.97 Å². The Morgan fingerprint density at radius 1 is 1.00 bits per heavy atom. The van der Waals surface area contributed by atoms with Gasteiger partial charge in [-0.25, -0.2) is 0 Å². The summed E-state index contributed by atoms with van der Waals surface area (Å²) in [5, 5.41) is 2.10. The van der Waals surface area contributed by atoms with Gasteiger partial charge in [0.25, 0.3) is 0 Å². The second-order valence-corrected chi connectivity index (χ2v) is 4.22. The summed E-state index contributed by atoms with van der Waals surface area (Å²) < 4.78 is 0. The second-order valence-electron chi connectivity index (χ2n) is 4.22. The van der Waals surface area contributed by atoms with Crippen molar-refractivity contribution in [2.45, 2.75) is 13.8 Å². The highest BCUT2D eigenvalue weighted by Crippen LogP contribution is 2.25. The van der Waals surface area contributed by atoms with Crippen molar-refractivity contribution in [3.05, 3.63) is 45.9 Å². The van der Waals surface area contributed by atoms with Gasteiger partial charge in [-0.15, -0.1) is 0 Å². The smallest absolute Gasteiger partial charge is 0.248 e. The van der Waals surface area contributed by atoms with E-state index in [1.54, 1.807) is 6.07 Å². The van der Waals surface area contributed by atoms with E-state index in [9.17, 15) is 4.79 Å². The van der Waals surface area contributed by atoms with E-state index < -0.39 is 0 Å². The van der Waals surface area contributed by atoms with Gasteiger partial charge in [0.2, 0.25) is 5.56 Å². The molecule has 0 fully saturated rings. The summed E-state index contributed by atoms with van der Waals surface area (Å²) in [6, 6.07) is 7.87. The molecule has 0 saturated carbocycles. The summed E-state index contributed by atoms with van der Waals surface area (Å²) in [5.41, 5.74) is 4.14. The molecular formula is C13H12N2O. The van der Waals surface area contributed by atoms with Crippen LogP contribution in [-0.4, -0.2) is 9.97 Å². The van der Waals surface area contributed by atoms with Gasteiger partial charge in [0, 0.05) is 28.0 Å². The molecule has 0 aliphatic rings. The number of rotatable bonds is 0. The molecule has 1 aromatic carbocycles. The number of pyridine rings is 1. The molecule has 3 rings (SSSR count). The van der Waals surface area contributed by atoms with E-state index in [4.69, 9.17) is 0 Å². The Kier molecular flexibility index (Phi) is 1.72. The topological polar surface area (TPSA) is 48.6 Å². The lowest BCUT2D eigenvalue weighted by Crippen LogP contribution is -2.04. The molecule has 0 saturated heterocycles. The molecule has 16 heavy (non-hydrogen) atoms. The van der Waals surface area contributed by atoms with Crippen LogP contribution in [0.15, 0.2) is 29.1 Å². The largest absolute Gasteiger partial charge is 0.353 e. The Labute approximate surface area is 92.1 Å². The van der Waals surface area contributed by atoms with Crippen LogP contribution in [0.5, 0.6) is 0 Å². The van der Waals surface area contributed by atoms with Gasteiger partial charge in [-0.05, 0) is 25.5 Å². The minimum absolute atomic E-state index is 0.0496. The zero-order valence-corrected chi connectivity index (χ0v) is 9.22. The van der Waals surface area contributed by atoms with Gasteiger partial charge in [-0.3, -0.25) is 4.79 Å². The van der Waals surface area contributed by atoms with Crippen molar-refractivity contribution in [2.24, 2.45) is 0 Å². The molecule has 0 amide bonds. The average molecular weight is 212 g/mol. The summed E-state index contributed by atoms with van der Waals surface area (Å²) in [4.78, 5) is 17.6. The lowest BCUT2D eigenvalue weighted by molar-refractivity contribution is 1.16. The van der Waals surface area contributed by atoms with Crippen LogP contribution in [-0.2, 0) is 0 Å². The Hall–Kier alpha value is -2.03. The SMILES string of the molecule is Cc1ccc2c(c1)[nH]c1c(C)[nH]c(=O)cc12. The molecule has 2 aromatic heterocycles. The number of nitrogens with one attached hydrogen (secondary N) is 2. The number of hydrogen-bond donors (Lipinski definition) is 2. The van der Waals surface area contributed by atoms with Gasteiger partial charge in [0.15, 0.2) is 0 Å². The first-order valence-electron chi connectivity index (χ1n) is 5.27. The standard InChI is InChI=1S/C13H12N2O/c1-7-3-4-9-10-6-12(16)14-8(2)13(10)15-11(9)5-7/h3-6,15H,1-2H3,(H,14,16). The molecular weight excluding hydrogens is 200 g/mol. The number of fused-ring (bicyclic) bond motifs is 3. The molecule has 2 N–H and O–H groups in total. The van der Waals surface area contributed by atoms with Crippen molar-refractivity contribution >= 4 is 21.8 Å². The van der Waals surface area contributed by atoms with Crippen molar-refractivity contribution in [1.29, 1.82) is 0 Å². The summed E-state index contributed by atoms with van der Waals surface area (Å²) in [7, 11) is 0. The van der Waals surface area contributed by atoms with E-state index in [1.807, 2.05) is 6.92 Å². The molecule has 0 aliphatic carbocycles. The fraction of sp³-hybridized carbons (Fsp3) is 0.154. The predicted octanol–water partition coefficient (Wildman–Crippen LogP) is 2.63. The maximum absolute atomic E-state index is 11.4. The van der Waals surface area contributed by atoms with Crippen LogP contribution in [0.4, 0.5) is 0 Å². The summed E-state index contributed by atoms with van der Waals surface area (Å²) in [5.74, 6) is 0. The maximum Gasteiger partial charge on any atom is 0.248 e. The molecule has 0 radical (unpaired) electrons. The normalized spacial score (nSPS) is 11.4. The highest BCUT2D eigenvalue weighted by molar-refractivity contribution is 6.07. The summed E-state index contributed by atoms with van der Waals surface area (Å²) in [6.45, 7) is 3.97. The minimum Gasteiger partial charge on any atom is -0.353 e. The first-order valence-corrected chi connectivity index (χ1v) is 5.27. The number of aromatic amines is 2. The number of aromatic nitrogens is 2. The molecule has 0 spiro atoms. The van der Waals surface area contributed by atoms with Crippen LogP contribution in [0.2, 0.25) is 0 Å². The average Bonchev–Trinajstić information content (AvgIpc) is 2.56. The van der Waals surface area contributed by atoms with Crippen molar-refractivity contribution in [3.8, 4) is 0 Å². The van der Waals surface area contributed by atoms with E-state index in [-0.39, 0.29) is 5.56 Å². The van der Waals surface area contributed by atoms with Crippen LogP contribution >= 0.6 is 0 Å². The molecule has 3 heteroatoms. The molecule has 80 valence electrons. The van der Waals surface area contributed by atoms with E-state index >= 15 is 0 Å². The van der Waals surface area contributed by atoms with Crippen LogP contribution < -0.4 is 5.56 Å². The summed E-state index contributed by atoms with van der Waals surface area (Å²) >= 11 is 0. The van der Waals surface area contributed by atoms with Crippen molar-refractivity contribution in [2.75, 3.05) is 0 Å². The fourth-order valence-corrected chi connectivity index (χ4v) is 2.19.